The van der Waals surface area contributed by atoms with Gasteiger partial charge in [-0.05, 0) is 71.8 Å². The van der Waals surface area contributed by atoms with E-state index < -0.39 is 18.1 Å². The van der Waals surface area contributed by atoms with Gasteiger partial charge in [-0.3, -0.25) is 9.59 Å². The van der Waals surface area contributed by atoms with E-state index in [9.17, 15) is 19.1 Å². The number of halogens is 1. The summed E-state index contributed by atoms with van der Waals surface area (Å²) in [5, 5.41) is 19.8. The van der Waals surface area contributed by atoms with Gasteiger partial charge in [0.2, 0.25) is 11.8 Å². The van der Waals surface area contributed by atoms with Gasteiger partial charge in [-0.2, -0.15) is 0 Å². The maximum Gasteiger partial charge on any atom is 0.239 e. The number of amides is 2. The van der Waals surface area contributed by atoms with Crippen LogP contribution in [0.15, 0.2) is 83.8 Å². The van der Waals surface area contributed by atoms with Gasteiger partial charge >= 0.3 is 0 Å². The van der Waals surface area contributed by atoms with E-state index in [1.165, 1.54) is 24.1 Å². The fraction of sp³-hybridized carbons (Fsp3) is 0.355. The fourth-order valence-corrected chi connectivity index (χ4v) is 5.34. The van der Waals surface area contributed by atoms with E-state index in [4.69, 9.17) is 5.73 Å². The van der Waals surface area contributed by atoms with Crippen molar-refractivity contribution in [3.63, 3.8) is 0 Å². The van der Waals surface area contributed by atoms with Crippen molar-refractivity contribution in [3.8, 4) is 0 Å². The highest BCUT2D eigenvalue weighted by atomic mass is 32.2. The van der Waals surface area contributed by atoms with Gasteiger partial charge in [0.1, 0.15) is 5.82 Å². The molecule has 3 aromatic rings. The number of carbonyl (C=O) groups is 2. The van der Waals surface area contributed by atoms with E-state index in [0.29, 0.717) is 36.7 Å². The van der Waals surface area contributed by atoms with Crippen LogP contribution >= 0.6 is 11.9 Å². The van der Waals surface area contributed by atoms with E-state index in [1.54, 1.807) is 12.1 Å². The summed E-state index contributed by atoms with van der Waals surface area (Å²) in [4.78, 5) is 26.1. The van der Waals surface area contributed by atoms with Crippen molar-refractivity contribution >= 4 is 29.4 Å². The summed E-state index contributed by atoms with van der Waals surface area (Å²) in [7, 11) is 0. The van der Waals surface area contributed by atoms with Gasteiger partial charge in [-0.25, -0.2) is 8.70 Å². The van der Waals surface area contributed by atoms with E-state index in [1.807, 2.05) is 54.6 Å². The number of nitrogen functional groups attached to an aromatic ring is 1. The van der Waals surface area contributed by atoms with Gasteiger partial charge < -0.3 is 26.8 Å². The number of nitrogens with zero attached hydrogens (tertiary/aromatic N) is 1. The minimum atomic E-state index is -0.872. The van der Waals surface area contributed by atoms with Crippen LogP contribution in [0.1, 0.15) is 25.0 Å². The summed E-state index contributed by atoms with van der Waals surface area (Å²) >= 11 is 1.54. The third kappa shape index (κ3) is 12.3. The molecule has 0 spiro atoms. The van der Waals surface area contributed by atoms with Gasteiger partial charge in [-0.1, -0.05) is 56.3 Å². The Morgan fingerprint density at radius 1 is 0.927 bits per heavy atom. The van der Waals surface area contributed by atoms with E-state index in [0.717, 1.165) is 17.0 Å². The zero-order chi connectivity index (χ0) is 29.6. The molecule has 10 heteroatoms. The molecule has 3 aromatic carbocycles. The minimum Gasteiger partial charge on any atom is -0.399 e. The van der Waals surface area contributed by atoms with Crippen LogP contribution in [0.3, 0.4) is 0 Å². The molecular formula is C31H40FN5O3S. The second-order valence-electron chi connectivity index (χ2n) is 10.3. The molecule has 0 aliphatic carbocycles. The maximum absolute atomic E-state index is 13.3. The highest BCUT2D eigenvalue weighted by Crippen LogP contribution is 2.25. The van der Waals surface area contributed by atoms with Crippen molar-refractivity contribution in [3.05, 3.63) is 95.8 Å². The number of hydrogen-bond donors (Lipinski definition) is 5. The number of rotatable bonds is 16. The largest absolute Gasteiger partial charge is 0.399 e. The van der Waals surface area contributed by atoms with Crippen molar-refractivity contribution in [1.29, 1.82) is 0 Å². The zero-order valence-electron chi connectivity index (χ0n) is 23.6. The van der Waals surface area contributed by atoms with Crippen LogP contribution in [-0.4, -0.2) is 59.6 Å². The number of aliphatic hydroxyl groups excluding tert-OH is 1. The van der Waals surface area contributed by atoms with Crippen LogP contribution in [0.25, 0.3) is 0 Å². The lowest BCUT2D eigenvalue weighted by Gasteiger charge is -2.30. The average Bonchev–Trinajstić information content (AvgIpc) is 2.93. The Morgan fingerprint density at radius 2 is 1.63 bits per heavy atom. The van der Waals surface area contributed by atoms with Gasteiger partial charge in [0.15, 0.2) is 0 Å². The van der Waals surface area contributed by atoms with Crippen LogP contribution in [0.4, 0.5) is 10.1 Å². The normalized spacial score (nSPS) is 12.7. The predicted octanol–water partition coefficient (Wildman–Crippen LogP) is 3.37. The zero-order valence-corrected chi connectivity index (χ0v) is 24.4. The summed E-state index contributed by atoms with van der Waals surface area (Å²) in [6, 6.07) is 22.8. The molecule has 6 N–H and O–H groups in total. The van der Waals surface area contributed by atoms with E-state index >= 15 is 0 Å². The molecule has 0 heterocycles. The number of benzene rings is 3. The minimum absolute atomic E-state index is 0.0214. The molecule has 2 unspecified atom stereocenters. The van der Waals surface area contributed by atoms with E-state index in [-0.39, 0.29) is 24.8 Å². The van der Waals surface area contributed by atoms with Crippen molar-refractivity contribution < 1.29 is 19.1 Å². The molecule has 0 bridgehead atoms. The fourth-order valence-electron chi connectivity index (χ4n) is 4.19. The molecule has 2 atom stereocenters. The van der Waals surface area contributed by atoms with Gasteiger partial charge in [0.25, 0.3) is 0 Å². The molecule has 2 amide bonds. The number of carbonyl (C=O) groups excluding carboxylic acids is 2. The van der Waals surface area contributed by atoms with Crippen molar-refractivity contribution in [2.45, 2.75) is 43.9 Å². The van der Waals surface area contributed by atoms with E-state index in [2.05, 4.69) is 34.1 Å². The SMILES string of the molecule is CC(C)CN(CC(O)C(Cc1ccccc1)NC(=O)CNC(=O)CNCc1cccc(F)c1)Sc1ccc(N)cc1. The Bertz CT molecular complexity index is 1230. The molecule has 3 rings (SSSR count). The third-order valence-corrected chi connectivity index (χ3v) is 7.17. The average molecular weight is 582 g/mol. The number of hydrogen-bond acceptors (Lipinski definition) is 7. The van der Waals surface area contributed by atoms with Gasteiger partial charge in [0.05, 0.1) is 25.2 Å². The van der Waals surface area contributed by atoms with Crippen molar-refractivity contribution in [1.82, 2.24) is 20.3 Å². The van der Waals surface area contributed by atoms with Gasteiger partial charge in [-0.15, -0.1) is 0 Å². The number of nitrogens with one attached hydrogen (secondary N) is 3. The van der Waals surface area contributed by atoms with Crippen LogP contribution in [0, 0.1) is 11.7 Å². The first-order valence-corrected chi connectivity index (χ1v) is 14.5. The summed E-state index contributed by atoms with van der Waals surface area (Å²) in [6.45, 7) is 5.35. The Labute approximate surface area is 246 Å². The highest BCUT2D eigenvalue weighted by molar-refractivity contribution is 7.97. The lowest BCUT2D eigenvalue weighted by molar-refractivity contribution is -0.126. The first-order valence-electron chi connectivity index (χ1n) is 13.7. The van der Waals surface area contributed by atoms with Crippen LogP contribution in [0.5, 0.6) is 0 Å². The molecule has 0 aliphatic heterocycles. The number of anilines is 1. The molecular weight excluding hydrogens is 541 g/mol. The molecule has 0 saturated carbocycles. The Hall–Kier alpha value is -3.44. The summed E-state index contributed by atoms with van der Waals surface area (Å²) in [5.74, 6) is -0.742. The molecule has 0 fully saturated rings. The molecule has 0 radical (unpaired) electrons. The van der Waals surface area contributed by atoms with Crippen molar-refractivity contribution in [2.24, 2.45) is 5.92 Å². The Morgan fingerprint density at radius 3 is 2.32 bits per heavy atom. The second kappa shape index (κ2) is 16.7. The quantitative estimate of drug-likeness (QED) is 0.130. The third-order valence-electron chi connectivity index (χ3n) is 6.13. The predicted molar refractivity (Wildman–Crippen MR) is 162 cm³/mol. The molecule has 8 nitrogen and oxygen atoms in total. The van der Waals surface area contributed by atoms with Gasteiger partial charge in [0, 0.05) is 30.2 Å². The monoisotopic (exact) mass is 581 g/mol. The maximum atomic E-state index is 13.3. The lowest BCUT2D eigenvalue weighted by Crippen LogP contribution is -2.51. The Balaban J connectivity index is 1.57. The first kappa shape index (κ1) is 32.1. The molecule has 220 valence electrons. The number of nitrogens with two attached hydrogens (primary N) is 1. The topological polar surface area (TPSA) is 120 Å². The summed E-state index contributed by atoms with van der Waals surface area (Å²) in [6.07, 6.45) is -0.443. The van der Waals surface area contributed by atoms with Crippen LogP contribution in [-0.2, 0) is 22.6 Å². The molecule has 0 aromatic heterocycles. The smallest absolute Gasteiger partial charge is 0.239 e. The summed E-state index contributed by atoms with van der Waals surface area (Å²) in [5.41, 5.74) is 8.21. The van der Waals surface area contributed by atoms with Crippen molar-refractivity contribution in [2.75, 3.05) is 31.9 Å². The standard InChI is InChI=1S/C31H40FN5O3S/c1-22(2)20-37(41-27-13-11-26(33)12-14-27)21-29(38)28(16-23-7-4-3-5-8-23)36-31(40)19-35-30(39)18-34-17-24-9-6-10-25(32)15-24/h3-15,22,28-29,34,38H,16-21,33H2,1-2H3,(H,35,39)(H,36,40). The first-order chi connectivity index (χ1) is 19.7. The molecule has 0 aliphatic rings. The highest BCUT2D eigenvalue weighted by Gasteiger charge is 2.25. The van der Waals surface area contributed by atoms with Crippen LogP contribution in [0.2, 0.25) is 0 Å². The van der Waals surface area contributed by atoms with Crippen LogP contribution < -0.4 is 21.7 Å². The molecule has 41 heavy (non-hydrogen) atoms. The molecule has 0 saturated heterocycles. The number of aliphatic hydroxyl groups is 1. The Kier molecular flexibility index (Phi) is 13.1. The lowest BCUT2D eigenvalue weighted by atomic mass is 10.0. The summed E-state index contributed by atoms with van der Waals surface area (Å²) < 4.78 is 15.4. The second-order valence-corrected chi connectivity index (χ2v) is 11.5.